The standard InChI is InChI=1S/C19H19FN2O4S/c1-2-26-19(25)13-7-9-14(10-8-13)21-17(23)11-27-12-18(24)22-16-6-4-3-5-15(16)20/h3-10H,2,11-12H2,1H3,(H,21,23)(H,22,24). The monoisotopic (exact) mass is 390 g/mol. The van der Waals surface area contributed by atoms with E-state index in [0.717, 1.165) is 11.8 Å². The number of benzene rings is 2. The van der Waals surface area contributed by atoms with Gasteiger partial charge in [-0.25, -0.2) is 9.18 Å². The first-order chi connectivity index (χ1) is 13.0. The number of carbonyl (C=O) groups is 3. The summed E-state index contributed by atoms with van der Waals surface area (Å²) < 4.78 is 18.3. The summed E-state index contributed by atoms with van der Waals surface area (Å²) in [5, 5.41) is 5.12. The summed E-state index contributed by atoms with van der Waals surface area (Å²) in [6, 6.07) is 12.2. The van der Waals surface area contributed by atoms with E-state index in [4.69, 9.17) is 4.74 Å². The Balaban J connectivity index is 1.73. The third kappa shape index (κ3) is 6.74. The Morgan fingerprint density at radius 2 is 1.59 bits per heavy atom. The molecule has 0 spiro atoms. The molecular weight excluding hydrogens is 371 g/mol. The van der Waals surface area contributed by atoms with Gasteiger partial charge in [0.05, 0.1) is 29.4 Å². The summed E-state index contributed by atoms with van der Waals surface area (Å²) in [6.45, 7) is 2.01. The predicted octanol–water partition coefficient (Wildman–Crippen LogP) is 3.31. The minimum absolute atomic E-state index is 0.0174. The molecule has 2 amide bonds. The summed E-state index contributed by atoms with van der Waals surface area (Å²) in [5.41, 5.74) is 1.03. The molecule has 0 heterocycles. The van der Waals surface area contributed by atoms with Crippen molar-refractivity contribution in [3.05, 3.63) is 59.9 Å². The van der Waals surface area contributed by atoms with Gasteiger partial charge in [-0.1, -0.05) is 12.1 Å². The molecule has 0 radical (unpaired) electrons. The molecule has 0 saturated carbocycles. The zero-order valence-corrected chi connectivity index (χ0v) is 15.5. The number of nitrogens with one attached hydrogen (secondary N) is 2. The number of para-hydroxylation sites is 1. The second kappa shape index (κ2) is 10.3. The van der Waals surface area contributed by atoms with Crippen molar-refractivity contribution < 1.29 is 23.5 Å². The molecule has 8 heteroatoms. The first-order valence-corrected chi connectivity index (χ1v) is 9.34. The van der Waals surface area contributed by atoms with Crippen LogP contribution in [0.3, 0.4) is 0 Å². The SMILES string of the molecule is CCOC(=O)c1ccc(NC(=O)CSCC(=O)Nc2ccccc2F)cc1. The van der Waals surface area contributed by atoms with E-state index in [1.165, 1.54) is 18.2 Å². The number of hydrogen-bond donors (Lipinski definition) is 2. The van der Waals surface area contributed by atoms with Crippen molar-refractivity contribution in [3.63, 3.8) is 0 Å². The summed E-state index contributed by atoms with van der Waals surface area (Å²) in [5.74, 6) is -1.54. The zero-order chi connectivity index (χ0) is 19.6. The normalized spacial score (nSPS) is 10.1. The maximum absolute atomic E-state index is 13.4. The highest BCUT2D eigenvalue weighted by Gasteiger charge is 2.10. The number of rotatable bonds is 8. The highest BCUT2D eigenvalue weighted by atomic mass is 32.2. The van der Waals surface area contributed by atoms with Crippen LogP contribution in [0.25, 0.3) is 0 Å². The van der Waals surface area contributed by atoms with Gasteiger partial charge < -0.3 is 15.4 Å². The molecule has 2 rings (SSSR count). The fraction of sp³-hybridized carbons (Fsp3) is 0.211. The lowest BCUT2D eigenvalue weighted by Gasteiger charge is -2.07. The minimum Gasteiger partial charge on any atom is -0.462 e. The summed E-state index contributed by atoms with van der Waals surface area (Å²) >= 11 is 1.11. The van der Waals surface area contributed by atoms with Gasteiger partial charge in [0.2, 0.25) is 11.8 Å². The molecule has 0 aliphatic carbocycles. The van der Waals surface area contributed by atoms with E-state index in [1.54, 1.807) is 37.3 Å². The Labute approximate surface area is 160 Å². The quantitative estimate of drug-likeness (QED) is 0.676. The van der Waals surface area contributed by atoms with E-state index in [-0.39, 0.29) is 23.1 Å². The van der Waals surface area contributed by atoms with Crippen LogP contribution in [0.2, 0.25) is 0 Å². The average Bonchev–Trinajstić information content (AvgIpc) is 2.64. The van der Waals surface area contributed by atoms with Gasteiger partial charge >= 0.3 is 5.97 Å². The van der Waals surface area contributed by atoms with E-state index in [1.807, 2.05) is 0 Å². The molecule has 0 aliphatic rings. The smallest absolute Gasteiger partial charge is 0.338 e. The third-order valence-corrected chi connectivity index (χ3v) is 4.23. The number of hydrogen-bond acceptors (Lipinski definition) is 5. The van der Waals surface area contributed by atoms with Crippen molar-refractivity contribution in [2.75, 3.05) is 28.7 Å². The summed E-state index contributed by atoms with van der Waals surface area (Å²) in [6.07, 6.45) is 0. The van der Waals surface area contributed by atoms with Gasteiger partial charge in [-0.05, 0) is 43.3 Å². The van der Waals surface area contributed by atoms with E-state index in [2.05, 4.69) is 10.6 Å². The lowest BCUT2D eigenvalue weighted by Crippen LogP contribution is -2.19. The molecule has 0 bridgehead atoms. The van der Waals surface area contributed by atoms with Gasteiger partial charge in [0.15, 0.2) is 0 Å². The molecule has 27 heavy (non-hydrogen) atoms. The molecule has 0 aliphatic heterocycles. The lowest BCUT2D eigenvalue weighted by atomic mass is 10.2. The average molecular weight is 390 g/mol. The van der Waals surface area contributed by atoms with Crippen LogP contribution in [0.4, 0.5) is 15.8 Å². The Kier molecular flexibility index (Phi) is 7.81. The number of anilines is 2. The molecule has 0 unspecified atom stereocenters. The second-order valence-electron chi connectivity index (χ2n) is 5.37. The number of carbonyl (C=O) groups excluding carboxylic acids is 3. The van der Waals surface area contributed by atoms with E-state index >= 15 is 0 Å². The van der Waals surface area contributed by atoms with Crippen molar-refractivity contribution in [2.24, 2.45) is 0 Å². The molecule has 142 valence electrons. The minimum atomic E-state index is -0.514. The van der Waals surface area contributed by atoms with Gasteiger partial charge in [0.1, 0.15) is 5.82 Å². The number of esters is 1. The fourth-order valence-corrected chi connectivity index (χ4v) is 2.70. The molecule has 6 nitrogen and oxygen atoms in total. The van der Waals surface area contributed by atoms with E-state index < -0.39 is 17.7 Å². The molecule has 2 N–H and O–H groups in total. The lowest BCUT2D eigenvalue weighted by molar-refractivity contribution is -0.114. The van der Waals surface area contributed by atoms with Crippen molar-refractivity contribution >= 4 is 40.9 Å². The van der Waals surface area contributed by atoms with E-state index in [9.17, 15) is 18.8 Å². The van der Waals surface area contributed by atoms with Crippen molar-refractivity contribution in [1.29, 1.82) is 0 Å². The van der Waals surface area contributed by atoms with Crippen LogP contribution in [0.15, 0.2) is 48.5 Å². The van der Waals surface area contributed by atoms with Crippen LogP contribution < -0.4 is 10.6 Å². The molecule has 0 atom stereocenters. The number of thioether (sulfide) groups is 1. The summed E-state index contributed by atoms with van der Waals surface area (Å²) in [7, 11) is 0. The largest absolute Gasteiger partial charge is 0.462 e. The van der Waals surface area contributed by atoms with Crippen LogP contribution in [0, 0.1) is 5.82 Å². The highest BCUT2D eigenvalue weighted by Crippen LogP contribution is 2.14. The van der Waals surface area contributed by atoms with Crippen LogP contribution in [0.1, 0.15) is 17.3 Å². The fourth-order valence-electron chi connectivity index (χ4n) is 2.09. The Hall–Kier alpha value is -2.87. The second-order valence-corrected chi connectivity index (χ2v) is 6.35. The van der Waals surface area contributed by atoms with Crippen molar-refractivity contribution in [3.8, 4) is 0 Å². The Bertz CT molecular complexity index is 812. The van der Waals surface area contributed by atoms with Gasteiger partial charge in [0.25, 0.3) is 0 Å². The van der Waals surface area contributed by atoms with Crippen LogP contribution in [-0.4, -0.2) is 35.9 Å². The maximum Gasteiger partial charge on any atom is 0.338 e. The van der Waals surface area contributed by atoms with Crippen molar-refractivity contribution in [1.82, 2.24) is 0 Å². The van der Waals surface area contributed by atoms with Gasteiger partial charge in [-0.3, -0.25) is 9.59 Å². The van der Waals surface area contributed by atoms with Crippen LogP contribution >= 0.6 is 11.8 Å². The van der Waals surface area contributed by atoms with Gasteiger partial charge in [-0.15, -0.1) is 11.8 Å². The van der Waals surface area contributed by atoms with Crippen molar-refractivity contribution in [2.45, 2.75) is 6.92 Å². The number of ether oxygens (including phenoxy) is 1. The highest BCUT2D eigenvalue weighted by molar-refractivity contribution is 8.00. The Morgan fingerprint density at radius 3 is 2.22 bits per heavy atom. The molecule has 0 aromatic heterocycles. The maximum atomic E-state index is 13.4. The first-order valence-electron chi connectivity index (χ1n) is 8.18. The van der Waals surface area contributed by atoms with Crippen LogP contribution in [0.5, 0.6) is 0 Å². The summed E-state index contributed by atoms with van der Waals surface area (Å²) in [4.78, 5) is 35.3. The number of amides is 2. The van der Waals surface area contributed by atoms with Gasteiger partial charge in [0, 0.05) is 5.69 Å². The Morgan fingerprint density at radius 1 is 0.963 bits per heavy atom. The molecule has 2 aromatic rings. The third-order valence-electron chi connectivity index (χ3n) is 3.29. The van der Waals surface area contributed by atoms with E-state index in [0.29, 0.717) is 17.9 Å². The molecule has 0 fully saturated rings. The zero-order valence-electron chi connectivity index (χ0n) is 14.7. The first kappa shape index (κ1) is 20.4. The number of halogens is 1. The topological polar surface area (TPSA) is 84.5 Å². The predicted molar refractivity (Wildman–Crippen MR) is 103 cm³/mol. The van der Waals surface area contributed by atoms with Gasteiger partial charge in [-0.2, -0.15) is 0 Å². The molecule has 0 saturated heterocycles. The van der Waals surface area contributed by atoms with Crippen LogP contribution in [-0.2, 0) is 14.3 Å². The molecule has 2 aromatic carbocycles. The molecular formula is C19H19FN2O4S.